The van der Waals surface area contributed by atoms with E-state index in [1.54, 1.807) is 0 Å². The van der Waals surface area contributed by atoms with Crippen LogP contribution in [0.15, 0.2) is 24.9 Å². The number of piperidine rings is 2. The highest BCUT2D eigenvalue weighted by Crippen LogP contribution is 2.47. The molecular formula is C31H42ClN7O2. The van der Waals surface area contributed by atoms with Crippen molar-refractivity contribution in [1.29, 1.82) is 0 Å². The van der Waals surface area contributed by atoms with E-state index >= 15 is 0 Å². The molecule has 1 N–H and O–H groups in total. The number of amides is 1. The van der Waals surface area contributed by atoms with Crippen LogP contribution in [-0.4, -0.2) is 93.2 Å². The predicted octanol–water partition coefficient (Wildman–Crippen LogP) is 5.12. The number of carbonyl (C=O) groups is 1. The molecule has 1 unspecified atom stereocenters. The summed E-state index contributed by atoms with van der Waals surface area (Å²) >= 11 is 7.14. The van der Waals surface area contributed by atoms with E-state index in [1.807, 2.05) is 18.0 Å². The molecule has 3 fully saturated rings. The van der Waals surface area contributed by atoms with Crippen molar-refractivity contribution in [3.8, 4) is 11.1 Å². The number of aryl methyl sites for hydroxylation is 1. The van der Waals surface area contributed by atoms with E-state index in [1.165, 1.54) is 6.08 Å². The molecule has 3 aliphatic heterocycles. The first-order chi connectivity index (χ1) is 19.6. The Kier molecular flexibility index (Phi) is 7.41. The second-order valence-electron chi connectivity index (χ2n) is 12.7. The van der Waals surface area contributed by atoms with Crippen LogP contribution in [0, 0.1) is 13.8 Å². The van der Waals surface area contributed by atoms with Crippen molar-refractivity contribution in [1.82, 2.24) is 29.8 Å². The summed E-state index contributed by atoms with van der Waals surface area (Å²) in [4.78, 5) is 19.2. The molecule has 9 nitrogen and oxygen atoms in total. The molecular weight excluding hydrogens is 538 g/mol. The van der Waals surface area contributed by atoms with Crippen molar-refractivity contribution in [2.45, 2.75) is 77.0 Å². The summed E-state index contributed by atoms with van der Waals surface area (Å²) in [6.45, 7) is 16.5. The monoisotopic (exact) mass is 579 g/mol. The molecule has 220 valence electrons. The molecule has 41 heavy (non-hydrogen) atoms. The number of likely N-dealkylation sites (N-methyl/N-ethyl adjacent to an activating group) is 1. The zero-order valence-electron chi connectivity index (χ0n) is 24.9. The van der Waals surface area contributed by atoms with Crippen LogP contribution in [-0.2, 0) is 9.53 Å². The number of hydrogen-bond acceptors (Lipinski definition) is 6. The fourth-order valence-corrected chi connectivity index (χ4v) is 7.36. The molecule has 3 saturated heterocycles. The van der Waals surface area contributed by atoms with Gasteiger partial charge in [0.2, 0.25) is 5.91 Å². The number of aromatic amines is 1. The second-order valence-corrected chi connectivity index (χ2v) is 13.0. The third kappa shape index (κ3) is 4.85. The molecule has 0 aliphatic carbocycles. The van der Waals surface area contributed by atoms with Crippen molar-refractivity contribution in [3.63, 3.8) is 0 Å². The Balaban J connectivity index is 1.42. The number of hydrogen-bond donors (Lipinski definition) is 1. The van der Waals surface area contributed by atoms with Crippen molar-refractivity contribution in [2.24, 2.45) is 0 Å². The van der Waals surface area contributed by atoms with E-state index in [0.29, 0.717) is 25.2 Å². The lowest BCUT2D eigenvalue weighted by molar-refractivity contribution is -0.127. The maximum atomic E-state index is 12.3. The van der Waals surface area contributed by atoms with Crippen molar-refractivity contribution < 1.29 is 9.53 Å². The third-order valence-corrected chi connectivity index (χ3v) is 10.2. The van der Waals surface area contributed by atoms with Gasteiger partial charge in [0, 0.05) is 53.4 Å². The average molecular weight is 580 g/mol. The number of aromatic nitrogens is 4. The van der Waals surface area contributed by atoms with Gasteiger partial charge in [0.25, 0.3) is 0 Å². The Hall–Kier alpha value is -2.88. The topological polar surface area (TPSA) is 82.5 Å². The number of anilines is 1. The van der Waals surface area contributed by atoms with Crippen molar-refractivity contribution in [3.05, 3.63) is 41.2 Å². The van der Waals surface area contributed by atoms with Crippen LogP contribution in [0.1, 0.15) is 56.8 Å². The summed E-state index contributed by atoms with van der Waals surface area (Å²) in [6, 6.07) is 3.27. The number of ether oxygens (including phenoxy) is 1. The Labute approximate surface area is 247 Å². The molecule has 10 heteroatoms. The Morgan fingerprint density at radius 3 is 2.54 bits per heavy atom. The molecule has 3 aliphatic rings. The first-order valence-corrected chi connectivity index (χ1v) is 15.2. The summed E-state index contributed by atoms with van der Waals surface area (Å²) in [5.41, 5.74) is 5.05. The zero-order chi connectivity index (χ0) is 29.1. The van der Waals surface area contributed by atoms with E-state index in [4.69, 9.17) is 21.4 Å². The molecule has 1 atom stereocenters. The summed E-state index contributed by atoms with van der Waals surface area (Å²) < 4.78 is 7.70. The molecule has 5 heterocycles. The van der Waals surface area contributed by atoms with Crippen molar-refractivity contribution >= 4 is 34.2 Å². The van der Waals surface area contributed by atoms with Gasteiger partial charge in [-0.2, -0.15) is 10.2 Å². The number of nitrogens with one attached hydrogen (secondary N) is 1. The lowest BCUT2D eigenvalue weighted by atomic mass is 9.85. The second kappa shape index (κ2) is 10.7. The molecule has 3 aromatic rings. The molecule has 0 bridgehead atoms. The highest BCUT2D eigenvalue weighted by Gasteiger charge is 2.42. The predicted molar refractivity (Wildman–Crippen MR) is 164 cm³/mol. The van der Waals surface area contributed by atoms with Crippen LogP contribution < -0.4 is 4.90 Å². The average Bonchev–Trinajstić information content (AvgIpc) is 3.51. The summed E-state index contributed by atoms with van der Waals surface area (Å²) in [7, 11) is 2.25. The van der Waals surface area contributed by atoms with Crippen LogP contribution in [0.4, 0.5) is 5.82 Å². The van der Waals surface area contributed by atoms with Gasteiger partial charge >= 0.3 is 0 Å². The van der Waals surface area contributed by atoms with Gasteiger partial charge in [-0.05, 0) is 78.1 Å². The normalized spacial score (nSPS) is 22.0. The van der Waals surface area contributed by atoms with Gasteiger partial charge < -0.3 is 14.5 Å². The van der Waals surface area contributed by atoms with Crippen molar-refractivity contribution in [2.75, 3.05) is 44.8 Å². The summed E-state index contributed by atoms with van der Waals surface area (Å²) in [5.74, 6) is 0.985. The molecule has 0 saturated carbocycles. The minimum absolute atomic E-state index is 0.000963. The first kappa shape index (κ1) is 28.2. The van der Waals surface area contributed by atoms with Crippen LogP contribution in [0.5, 0.6) is 0 Å². The fourth-order valence-electron chi connectivity index (χ4n) is 7.11. The minimum Gasteiger partial charge on any atom is -0.378 e. The van der Waals surface area contributed by atoms with E-state index in [9.17, 15) is 4.79 Å². The van der Waals surface area contributed by atoms with E-state index in [0.717, 1.165) is 89.6 Å². The molecule has 1 aromatic carbocycles. The smallest absolute Gasteiger partial charge is 0.245 e. The number of rotatable bonds is 6. The standard InChI is InChI=1S/C31H42ClN7O2/c1-7-26(40)37-11-8-21(9-12-37)39-20(3)27(28-24-16-33-34-25(24)14-19(2)29(28)32)30(35-39)38-13-10-22(15-31(38,4)5)36(6)23-17-41-18-23/h7,14,16,21-23H,1,8-13,15,17-18H2,2-6H3,(H,33,34). The number of fused-ring (bicyclic) bond motifs is 1. The van der Waals surface area contributed by atoms with Gasteiger partial charge in [-0.3, -0.25) is 19.5 Å². The largest absolute Gasteiger partial charge is 0.378 e. The van der Waals surface area contributed by atoms with Gasteiger partial charge in [0.05, 0.1) is 42.0 Å². The van der Waals surface area contributed by atoms with Gasteiger partial charge in [-0.1, -0.05) is 18.2 Å². The molecule has 6 rings (SSSR count). The number of halogens is 1. The number of H-pyrrole nitrogens is 1. The maximum Gasteiger partial charge on any atom is 0.245 e. The highest BCUT2D eigenvalue weighted by atomic mass is 35.5. The van der Waals surface area contributed by atoms with E-state index in [-0.39, 0.29) is 17.5 Å². The Morgan fingerprint density at radius 2 is 1.90 bits per heavy atom. The SMILES string of the molecule is C=CC(=O)N1CCC(n2nc(N3CCC(N(C)C4COC4)CC3(C)C)c(-c3c(Cl)c(C)cc4[nH]ncc34)c2C)CC1. The van der Waals surface area contributed by atoms with E-state index in [2.05, 4.69) is 65.1 Å². The number of likely N-dealkylation sites (tertiary alicyclic amines) is 1. The third-order valence-electron chi connectivity index (χ3n) is 9.72. The van der Waals surface area contributed by atoms with Crippen LogP contribution >= 0.6 is 11.6 Å². The first-order valence-electron chi connectivity index (χ1n) is 14.8. The van der Waals surface area contributed by atoms with Gasteiger partial charge in [-0.25, -0.2) is 0 Å². The summed E-state index contributed by atoms with van der Waals surface area (Å²) in [5, 5.41) is 14.7. The van der Waals surface area contributed by atoms with Crippen LogP contribution in [0.3, 0.4) is 0 Å². The quantitative estimate of drug-likeness (QED) is 0.408. The Morgan fingerprint density at radius 1 is 1.17 bits per heavy atom. The van der Waals surface area contributed by atoms with E-state index < -0.39 is 0 Å². The van der Waals surface area contributed by atoms with Gasteiger partial charge in [0.15, 0.2) is 5.82 Å². The number of nitrogens with zero attached hydrogens (tertiary/aromatic N) is 6. The molecule has 0 radical (unpaired) electrons. The zero-order valence-corrected chi connectivity index (χ0v) is 25.7. The van der Waals surface area contributed by atoms with Crippen LogP contribution in [0.2, 0.25) is 5.02 Å². The summed E-state index contributed by atoms with van der Waals surface area (Å²) in [6.07, 6.45) is 7.09. The lowest BCUT2D eigenvalue weighted by Gasteiger charge is -2.50. The van der Waals surface area contributed by atoms with Crippen LogP contribution in [0.25, 0.3) is 22.0 Å². The maximum absolute atomic E-state index is 12.3. The fraction of sp³-hybridized carbons (Fsp3) is 0.581. The minimum atomic E-state index is -0.117. The lowest BCUT2D eigenvalue weighted by Crippen LogP contribution is -2.59. The molecule has 2 aromatic heterocycles. The highest BCUT2D eigenvalue weighted by molar-refractivity contribution is 6.36. The Bertz CT molecular complexity index is 1460. The molecule has 0 spiro atoms. The molecule has 1 amide bonds. The van der Waals surface area contributed by atoms with Gasteiger partial charge in [0.1, 0.15) is 0 Å². The number of carbonyl (C=O) groups excluding carboxylic acids is 1. The number of benzene rings is 1. The van der Waals surface area contributed by atoms with Gasteiger partial charge in [-0.15, -0.1) is 0 Å².